The summed E-state index contributed by atoms with van der Waals surface area (Å²) in [6, 6.07) is 19.2. The minimum atomic E-state index is -3.84. The molecular weight excluding hydrogens is 642 g/mol. The van der Waals surface area contributed by atoms with Gasteiger partial charge in [0.1, 0.15) is 5.75 Å². The van der Waals surface area contributed by atoms with Crippen LogP contribution in [0.2, 0.25) is 5.02 Å². The smallest absolute Gasteiger partial charge is 0.258 e. The van der Waals surface area contributed by atoms with Crippen LogP contribution in [-0.2, 0) is 14.8 Å². The number of ether oxygens (including phenoxy) is 2. The number of fused-ring (bicyclic) bond motifs is 1. The molecule has 47 heavy (non-hydrogen) atoms. The topological polar surface area (TPSA) is 125 Å². The fraction of sp³-hybridized carbons (Fsp3) is 0.429. The van der Waals surface area contributed by atoms with Crippen molar-refractivity contribution < 1.29 is 32.6 Å². The van der Waals surface area contributed by atoms with Gasteiger partial charge in [0.25, 0.3) is 11.8 Å². The van der Waals surface area contributed by atoms with Crippen LogP contribution in [0.4, 0.5) is 5.69 Å². The van der Waals surface area contributed by atoms with Gasteiger partial charge >= 0.3 is 0 Å². The Morgan fingerprint density at radius 3 is 2.47 bits per heavy atom. The summed E-state index contributed by atoms with van der Waals surface area (Å²) in [5, 5.41) is 13.5. The summed E-state index contributed by atoms with van der Waals surface area (Å²) in [6.45, 7) is 5.89. The molecule has 4 rings (SSSR count). The number of nitrogens with zero attached hydrogens (tertiary/aromatic N) is 2. The fourth-order valence-electron chi connectivity index (χ4n) is 5.39. The first-order valence-electron chi connectivity index (χ1n) is 15.8. The van der Waals surface area contributed by atoms with E-state index in [9.17, 15) is 23.1 Å². The van der Waals surface area contributed by atoms with Gasteiger partial charge in [-0.25, -0.2) is 8.42 Å². The van der Waals surface area contributed by atoms with Gasteiger partial charge in [-0.2, -0.15) is 4.31 Å². The first-order chi connectivity index (χ1) is 22.4. The molecule has 0 aliphatic carbocycles. The number of rotatable bonds is 8. The number of anilines is 1. The molecule has 0 aromatic heterocycles. The summed E-state index contributed by atoms with van der Waals surface area (Å²) in [5.74, 6) is -0.668. The average molecular weight is 686 g/mol. The fourth-order valence-corrected chi connectivity index (χ4v) is 6.70. The average Bonchev–Trinajstić information content (AvgIpc) is 3.06. The van der Waals surface area contributed by atoms with Gasteiger partial charge in [-0.3, -0.25) is 9.59 Å². The third-order valence-electron chi connectivity index (χ3n) is 8.30. The Bertz CT molecular complexity index is 1610. The molecule has 0 bridgehead atoms. The molecule has 2 amide bonds. The Labute approximate surface area is 282 Å². The molecule has 1 heterocycles. The molecule has 1 aliphatic heterocycles. The van der Waals surface area contributed by atoms with E-state index in [1.54, 1.807) is 54.3 Å². The normalized spacial score (nSPS) is 20.5. The Hall–Kier alpha value is -3.48. The summed E-state index contributed by atoms with van der Waals surface area (Å²) in [4.78, 5) is 28.9. The molecule has 3 aromatic carbocycles. The Kier molecular flexibility index (Phi) is 12.8. The van der Waals surface area contributed by atoms with Crippen molar-refractivity contribution in [2.45, 2.75) is 63.2 Å². The van der Waals surface area contributed by atoms with E-state index < -0.39 is 28.1 Å². The van der Waals surface area contributed by atoms with Crippen LogP contribution in [0.3, 0.4) is 0 Å². The molecule has 3 aromatic rings. The number of halogens is 1. The van der Waals surface area contributed by atoms with Gasteiger partial charge in [-0.1, -0.05) is 36.7 Å². The second-order valence-corrected chi connectivity index (χ2v) is 14.6. The number of likely N-dealkylation sites (N-methyl/N-ethyl adjacent to an activating group) is 1. The third kappa shape index (κ3) is 9.55. The Morgan fingerprint density at radius 2 is 1.79 bits per heavy atom. The molecule has 1 aliphatic rings. The second kappa shape index (κ2) is 16.6. The van der Waals surface area contributed by atoms with Crippen LogP contribution in [0.5, 0.6) is 5.75 Å². The van der Waals surface area contributed by atoms with Crippen molar-refractivity contribution in [3.63, 3.8) is 0 Å². The van der Waals surface area contributed by atoms with Crippen molar-refractivity contribution in [2.75, 3.05) is 38.7 Å². The maximum atomic E-state index is 14.3. The lowest BCUT2D eigenvalue weighted by atomic mass is 10.0. The minimum Gasteiger partial charge on any atom is -0.490 e. The predicted octanol–water partition coefficient (Wildman–Crippen LogP) is 5.71. The van der Waals surface area contributed by atoms with Gasteiger partial charge in [0.05, 0.1) is 35.3 Å². The Balaban J connectivity index is 1.65. The van der Waals surface area contributed by atoms with E-state index in [-0.39, 0.29) is 48.1 Å². The highest BCUT2D eigenvalue weighted by molar-refractivity contribution is 7.89. The zero-order valence-corrected chi connectivity index (χ0v) is 28.8. The molecule has 4 atom stereocenters. The van der Waals surface area contributed by atoms with Gasteiger partial charge < -0.3 is 24.8 Å². The largest absolute Gasteiger partial charge is 0.490 e. The summed E-state index contributed by atoms with van der Waals surface area (Å²) in [6.07, 6.45) is 1.45. The lowest BCUT2D eigenvalue weighted by molar-refractivity contribution is -0.00834. The van der Waals surface area contributed by atoms with Crippen molar-refractivity contribution in [3.8, 4) is 5.75 Å². The van der Waals surface area contributed by atoms with Crippen molar-refractivity contribution in [3.05, 3.63) is 88.9 Å². The summed E-state index contributed by atoms with van der Waals surface area (Å²) < 4.78 is 40.7. The molecule has 0 saturated carbocycles. The van der Waals surface area contributed by atoms with Crippen LogP contribution in [0.15, 0.2) is 77.7 Å². The molecule has 2 N–H and O–H groups in total. The first-order valence-corrected chi connectivity index (χ1v) is 17.6. The van der Waals surface area contributed by atoms with Crippen LogP contribution in [0, 0.1) is 5.92 Å². The lowest BCUT2D eigenvalue weighted by Gasteiger charge is -2.35. The van der Waals surface area contributed by atoms with E-state index in [0.717, 1.165) is 12.8 Å². The maximum Gasteiger partial charge on any atom is 0.258 e. The standard InChI is InChI=1S/C35H44ClN3O7S/c1-24-21-39(25(2)23-40)35(42)31-20-29(37-34(41)27-11-6-5-7-12-27)15-18-32(31)46-26(3)10-8-9-19-45-33(24)22-38(4)47(43,44)30-16-13-28(36)14-17-30/h5-7,11-18,20,24-26,33,40H,8-10,19,21-23H2,1-4H3,(H,37,41)/t24-,25+,26+,33+/m0/s1. The van der Waals surface area contributed by atoms with Gasteiger partial charge in [-0.05, 0) is 87.7 Å². The summed E-state index contributed by atoms with van der Waals surface area (Å²) in [5.41, 5.74) is 1.14. The van der Waals surface area contributed by atoms with Crippen LogP contribution in [0.1, 0.15) is 60.7 Å². The van der Waals surface area contributed by atoms with Crippen LogP contribution in [-0.4, -0.2) is 86.1 Å². The number of amides is 2. The van der Waals surface area contributed by atoms with Crippen LogP contribution in [0.25, 0.3) is 0 Å². The number of carbonyl (C=O) groups is 2. The van der Waals surface area contributed by atoms with E-state index >= 15 is 0 Å². The Morgan fingerprint density at radius 1 is 1.09 bits per heavy atom. The number of aliphatic hydroxyl groups is 1. The highest BCUT2D eigenvalue weighted by atomic mass is 35.5. The maximum absolute atomic E-state index is 14.3. The number of carbonyl (C=O) groups excluding carboxylic acids is 2. The van der Waals surface area contributed by atoms with E-state index in [1.807, 2.05) is 19.9 Å². The quantitative estimate of drug-likeness (QED) is 0.311. The zero-order valence-electron chi connectivity index (χ0n) is 27.3. The van der Waals surface area contributed by atoms with E-state index in [0.29, 0.717) is 35.1 Å². The molecule has 254 valence electrons. The lowest BCUT2D eigenvalue weighted by Crippen LogP contribution is -2.48. The minimum absolute atomic E-state index is 0.0490. The number of benzene rings is 3. The molecule has 0 fully saturated rings. The highest BCUT2D eigenvalue weighted by Gasteiger charge is 2.32. The highest BCUT2D eigenvalue weighted by Crippen LogP contribution is 2.29. The van der Waals surface area contributed by atoms with Gasteiger partial charge in [0, 0.05) is 48.9 Å². The van der Waals surface area contributed by atoms with E-state index in [1.165, 1.54) is 35.6 Å². The van der Waals surface area contributed by atoms with Gasteiger partial charge in [0.15, 0.2) is 0 Å². The van der Waals surface area contributed by atoms with Crippen molar-refractivity contribution in [1.29, 1.82) is 0 Å². The van der Waals surface area contributed by atoms with E-state index in [4.69, 9.17) is 21.1 Å². The predicted molar refractivity (Wildman–Crippen MR) is 183 cm³/mol. The zero-order chi connectivity index (χ0) is 34.1. The van der Waals surface area contributed by atoms with E-state index in [2.05, 4.69) is 5.32 Å². The molecule has 0 spiro atoms. The van der Waals surface area contributed by atoms with Crippen molar-refractivity contribution in [1.82, 2.24) is 9.21 Å². The van der Waals surface area contributed by atoms with Crippen molar-refractivity contribution in [2.24, 2.45) is 5.92 Å². The molecular formula is C35H44ClN3O7S. The summed E-state index contributed by atoms with van der Waals surface area (Å²) in [7, 11) is -2.34. The third-order valence-corrected chi connectivity index (χ3v) is 10.4. The number of sulfonamides is 1. The second-order valence-electron chi connectivity index (χ2n) is 12.1. The number of aliphatic hydroxyl groups excluding tert-OH is 1. The number of hydrogen-bond donors (Lipinski definition) is 2. The van der Waals surface area contributed by atoms with Gasteiger partial charge in [-0.15, -0.1) is 0 Å². The van der Waals surface area contributed by atoms with Crippen molar-refractivity contribution >= 4 is 39.1 Å². The van der Waals surface area contributed by atoms with Crippen LogP contribution < -0.4 is 10.1 Å². The van der Waals surface area contributed by atoms with Gasteiger partial charge in [0.2, 0.25) is 10.0 Å². The first kappa shape index (κ1) is 36.4. The number of nitrogens with one attached hydrogen (secondary N) is 1. The number of hydrogen-bond acceptors (Lipinski definition) is 7. The molecule has 0 unspecified atom stereocenters. The molecule has 10 nitrogen and oxygen atoms in total. The van der Waals surface area contributed by atoms with Crippen LogP contribution >= 0.6 is 11.6 Å². The molecule has 12 heteroatoms. The molecule has 0 saturated heterocycles. The summed E-state index contributed by atoms with van der Waals surface area (Å²) >= 11 is 5.98. The monoisotopic (exact) mass is 685 g/mol. The molecule has 0 radical (unpaired) electrons. The SMILES string of the molecule is C[C@@H]1CCCCO[C@H](CN(C)S(=O)(=O)c2ccc(Cl)cc2)[C@@H](C)CN([C@H](C)CO)C(=O)c2cc(NC(=O)c3ccccc3)ccc2O1.